The predicted octanol–water partition coefficient (Wildman–Crippen LogP) is 5.40. The van der Waals surface area contributed by atoms with E-state index in [4.69, 9.17) is 0 Å². The average Bonchev–Trinajstić information content (AvgIpc) is 2.90. The quantitative estimate of drug-likeness (QED) is 0.580. The highest BCUT2D eigenvalue weighted by atomic mass is 79.9. The molecule has 0 aliphatic heterocycles. The van der Waals surface area contributed by atoms with E-state index in [0.29, 0.717) is 0 Å². The molecule has 3 aromatic heterocycles. The van der Waals surface area contributed by atoms with Gasteiger partial charge in [-0.15, -0.1) is 11.3 Å². The number of pyridine rings is 2. The van der Waals surface area contributed by atoms with Gasteiger partial charge in [-0.05, 0) is 68.3 Å². The van der Waals surface area contributed by atoms with Gasteiger partial charge in [-0.2, -0.15) is 0 Å². The molecule has 0 fully saturated rings. The third-order valence-corrected chi connectivity index (χ3v) is 4.63. The lowest BCUT2D eigenvalue weighted by atomic mass is 10.3. The number of nitrogens with zero attached hydrogens (tertiary/aromatic N) is 2. The number of aromatic nitrogens is 2. The molecule has 2 nitrogen and oxygen atoms in total. The van der Waals surface area contributed by atoms with Gasteiger partial charge in [0.05, 0.1) is 21.1 Å². The van der Waals surface area contributed by atoms with Crippen molar-refractivity contribution < 1.29 is 0 Å². The van der Waals surface area contributed by atoms with Crippen LogP contribution in [0.4, 0.5) is 0 Å². The molecular formula is C14H8Br2N2S. The van der Waals surface area contributed by atoms with Crippen molar-refractivity contribution in [2.24, 2.45) is 0 Å². The molecule has 19 heavy (non-hydrogen) atoms. The van der Waals surface area contributed by atoms with Crippen molar-refractivity contribution >= 4 is 43.2 Å². The molecule has 0 N–H and O–H groups in total. The molecule has 0 bridgehead atoms. The second-order valence-electron chi connectivity index (χ2n) is 3.89. The standard InChI is InChI=1S/C14H8Br2N2S/c15-9-1-3-11(17-7-9)13-5-6-14(19-13)12-4-2-10(16)8-18-12/h1-8H. The summed E-state index contributed by atoms with van der Waals surface area (Å²) in [6, 6.07) is 12.2. The normalized spacial score (nSPS) is 10.6. The van der Waals surface area contributed by atoms with Gasteiger partial charge in [0.25, 0.3) is 0 Å². The van der Waals surface area contributed by atoms with Crippen LogP contribution in [0.5, 0.6) is 0 Å². The molecular weight excluding hydrogens is 388 g/mol. The van der Waals surface area contributed by atoms with E-state index in [2.05, 4.69) is 54.0 Å². The van der Waals surface area contributed by atoms with Crippen LogP contribution in [-0.2, 0) is 0 Å². The molecule has 3 rings (SSSR count). The molecule has 0 aromatic carbocycles. The largest absolute Gasteiger partial charge is 0.254 e. The molecule has 5 heteroatoms. The highest BCUT2D eigenvalue weighted by molar-refractivity contribution is 9.10. The highest BCUT2D eigenvalue weighted by Gasteiger charge is 2.06. The van der Waals surface area contributed by atoms with Crippen LogP contribution in [0.15, 0.2) is 57.7 Å². The monoisotopic (exact) mass is 394 g/mol. The predicted molar refractivity (Wildman–Crippen MR) is 86.2 cm³/mol. The van der Waals surface area contributed by atoms with Crippen LogP contribution in [0.1, 0.15) is 0 Å². The van der Waals surface area contributed by atoms with Crippen molar-refractivity contribution in [1.29, 1.82) is 0 Å². The number of hydrogen-bond acceptors (Lipinski definition) is 3. The number of hydrogen-bond donors (Lipinski definition) is 0. The van der Waals surface area contributed by atoms with Gasteiger partial charge in [-0.3, -0.25) is 9.97 Å². The number of thiophene rings is 1. The molecule has 0 unspecified atom stereocenters. The average molecular weight is 396 g/mol. The Labute approximate surface area is 131 Å². The minimum absolute atomic E-state index is 0.983. The van der Waals surface area contributed by atoms with E-state index in [-0.39, 0.29) is 0 Å². The molecule has 0 radical (unpaired) electrons. The Morgan fingerprint density at radius 2 is 1.16 bits per heavy atom. The van der Waals surface area contributed by atoms with E-state index in [1.165, 1.54) is 0 Å². The van der Waals surface area contributed by atoms with E-state index in [1.807, 2.05) is 36.7 Å². The first kappa shape index (κ1) is 13.0. The van der Waals surface area contributed by atoms with Crippen LogP contribution in [0.2, 0.25) is 0 Å². The van der Waals surface area contributed by atoms with Gasteiger partial charge in [0.15, 0.2) is 0 Å². The van der Waals surface area contributed by atoms with Crippen LogP contribution in [0.3, 0.4) is 0 Å². The molecule has 0 saturated heterocycles. The van der Waals surface area contributed by atoms with Crippen molar-refractivity contribution in [2.75, 3.05) is 0 Å². The van der Waals surface area contributed by atoms with Gasteiger partial charge in [0.2, 0.25) is 0 Å². The fourth-order valence-electron chi connectivity index (χ4n) is 1.66. The van der Waals surface area contributed by atoms with E-state index in [1.54, 1.807) is 11.3 Å². The smallest absolute Gasteiger partial charge is 0.0802 e. The molecule has 94 valence electrons. The van der Waals surface area contributed by atoms with Crippen molar-refractivity contribution in [3.63, 3.8) is 0 Å². The van der Waals surface area contributed by atoms with Crippen LogP contribution in [-0.4, -0.2) is 9.97 Å². The summed E-state index contributed by atoms with van der Waals surface area (Å²) in [7, 11) is 0. The zero-order chi connectivity index (χ0) is 13.2. The Morgan fingerprint density at radius 1 is 0.684 bits per heavy atom. The molecule has 0 saturated carbocycles. The number of rotatable bonds is 2. The van der Waals surface area contributed by atoms with Crippen LogP contribution in [0.25, 0.3) is 21.1 Å². The van der Waals surface area contributed by atoms with Crippen LogP contribution in [0, 0.1) is 0 Å². The Hall–Kier alpha value is -1.04. The van der Waals surface area contributed by atoms with Crippen molar-refractivity contribution in [3.05, 3.63) is 57.7 Å². The van der Waals surface area contributed by atoms with E-state index in [0.717, 1.165) is 30.1 Å². The summed E-state index contributed by atoms with van der Waals surface area (Å²) in [6.07, 6.45) is 3.62. The second kappa shape index (κ2) is 5.53. The molecule has 3 heterocycles. The van der Waals surface area contributed by atoms with Gasteiger partial charge in [0, 0.05) is 21.3 Å². The zero-order valence-corrected chi connectivity index (χ0v) is 13.7. The first-order chi connectivity index (χ1) is 9.22. The first-order valence-electron chi connectivity index (χ1n) is 5.56. The first-order valence-corrected chi connectivity index (χ1v) is 7.96. The fraction of sp³-hybridized carbons (Fsp3) is 0. The molecule has 3 aromatic rings. The summed E-state index contributed by atoms with van der Waals surface area (Å²) in [4.78, 5) is 11.1. The molecule has 0 spiro atoms. The number of halogens is 2. The van der Waals surface area contributed by atoms with Crippen molar-refractivity contribution in [2.45, 2.75) is 0 Å². The maximum absolute atomic E-state index is 4.41. The van der Waals surface area contributed by atoms with Gasteiger partial charge < -0.3 is 0 Å². The molecule has 0 atom stereocenters. The summed E-state index contributed by atoms with van der Waals surface area (Å²) >= 11 is 8.48. The minimum Gasteiger partial charge on any atom is -0.254 e. The summed E-state index contributed by atoms with van der Waals surface area (Å²) in [6.45, 7) is 0. The second-order valence-corrected chi connectivity index (χ2v) is 6.80. The van der Waals surface area contributed by atoms with Crippen molar-refractivity contribution in [3.8, 4) is 21.1 Å². The maximum Gasteiger partial charge on any atom is 0.0802 e. The Bertz CT molecular complexity index is 630. The third kappa shape index (κ3) is 2.94. The highest BCUT2D eigenvalue weighted by Crippen LogP contribution is 2.33. The van der Waals surface area contributed by atoms with Crippen molar-refractivity contribution in [1.82, 2.24) is 9.97 Å². The van der Waals surface area contributed by atoms with Gasteiger partial charge in [0.1, 0.15) is 0 Å². The van der Waals surface area contributed by atoms with Crippen LogP contribution >= 0.6 is 43.2 Å². The summed E-state index contributed by atoms with van der Waals surface area (Å²) < 4.78 is 1.98. The minimum atomic E-state index is 0.983. The summed E-state index contributed by atoms with van der Waals surface area (Å²) in [5.74, 6) is 0. The van der Waals surface area contributed by atoms with Gasteiger partial charge in [-0.25, -0.2) is 0 Å². The zero-order valence-electron chi connectivity index (χ0n) is 9.68. The van der Waals surface area contributed by atoms with Gasteiger partial charge >= 0.3 is 0 Å². The lowest BCUT2D eigenvalue weighted by Gasteiger charge is -1.97. The Balaban J connectivity index is 1.95. The van der Waals surface area contributed by atoms with Crippen LogP contribution < -0.4 is 0 Å². The molecule has 0 aliphatic carbocycles. The van der Waals surface area contributed by atoms with Gasteiger partial charge in [-0.1, -0.05) is 0 Å². The van der Waals surface area contributed by atoms with E-state index in [9.17, 15) is 0 Å². The fourth-order valence-corrected chi connectivity index (χ4v) is 3.09. The topological polar surface area (TPSA) is 25.8 Å². The lowest BCUT2D eigenvalue weighted by molar-refractivity contribution is 1.32. The summed E-state index contributed by atoms with van der Waals surface area (Å²) in [5, 5.41) is 0. The maximum atomic E-state index is 4.41. The third-order valence-electron chi connectivity index (χ3n) is 2.57. The lowest BCUT2D eigenvalue weighted by Crippen LogP contribution is -1.78. The molecule has 0 amide bonds. The summed E-state index contributed by atoms with van der Waals surface area (Å²) in [5.41, 5.74) is 1.97. The van der Waals surface area contributed by atoms with E-state index < -0.39 is 0 Å². The SMILES string of the molecule is Brc1ccc(-c2ccc(-c3ccc(Br)cn3)s2)nc1. The Kier molecular flexibility index (Phi) is 3.77. The van der Waals surface area contributed by atoms with E-state index >= 15 is 0 Å². The Morgan fingerprint density at radius 3 is 1.53 bits per heavy atom. The molecule has 0 aliphatic rings.